The highest BCUT2D eigenvalue weighted by atomic mass is 79.9. The molecule has 0 bridgehead atoms. The van der Waals surface area contributed by atoms with Crippen LogP contribution in [-0.2, 0) is 22.4 Å². The Morgan fingerprint density at radius 1 is 1.10 bits per heavy atom. The summed E-state index contributed by atoms with van der Waals surface area (Å²) >= 11 is 3.36. The predicted molar refractivity (Wildman–Crippen MR) is 114 cm³/mol. The smallest absolute Gasteiger partial charge is 0.303 e. The molecule has 2 aromatic carbocycles. The number of methoxy groups -OCH3 is 2. The quantitative estimate of drug-likeness (QED) is 0.560. The van der Waals surface area contributed by atoms with E-state index in [1.165, 1.54) is 21.1 Å². The monoisotopic (exact) mass is 488 g/mol. The largest absolute Gasteiger partial charge is 0.507 e. The highest BCUT2D eigenvalue weighted by Crippen LogP contribution is 2.47. The molecule has 0 fully saturated rings. The van der Waals surface area contributed by atoms with Crippen LogP contribution in [0.25, 0.3) is 0 Å². The molecule has 0 heterocycles. The molecule has 0 aromatic heterocycles. The summed E-state index contributed by atoms with van der Waals surface area (Å²) in [5.74, 6) is -1.10. The van der Waals surface area contributed by atoms with E-state index < -0.39 is 23.1 Å². The van der Waals surface area contributed by atoms with Gasteiger partial charge in [-0.2, -0.15) is 0 Å². The number of phenols is 1. The van der Waals surface area contributed by atoms with E-state index in [2.05, 4.69) is 15.9 Å². The molecule has 2 aliphatic carbocycles. The first-order valence-electron chi connectivity index (χ1n) is 9.73. The normalized spacial score (nSPS) is 19.3. The van der Waals surface area contributed by atoms with E-state index in [9.17, 15) is 19.5 Å². The van der Waals surface area contributed by atoms with Crippen molar-refractivity contribution in [2.45, 2.75) is 38.7 Å². The molecule has 8 heteroatoms. The summed E-state index contributed by atoms with van der Waals surface area (Å²) in [6, 6.07) is 3.19. The Hall–Kier alpha value is -2.87. The minimum atomic E-state index is -0.747. The van der Waals surface area contributed by atoms with Gasteiger partial charge >= 0.3 is 5.97 Å². The molecule has 1 N–H and O–H groups in total. The van der Waals surface area contributed by atoms with Gasteiger partial charge in [0, 0.05) is 18.9 Å². The Labute approximate surface area is 187 Å². The van der Waals surface area contributed by atoms with Crippen LogP contribution >= 0.6 is 15.9 Å². The highest BCUT2D eigenvalue weighted by molar-refractivity contribution is 9.10. The lowest BCUT2D eigenvalue weighted by Crippen LogP contribution is -2.37. The predicted octanol–water partition coefficient (Wildman–Crippen LogP) is 3.76. The lowest BCUT2D eigenvalue weighted by atomic mass is 9.75. The topological polar surface area (TPSA) is 99.1 Å². The van der Waals surface area contributed by atoms with E-state index in [4.69, 9.17) is 14.2 Å². The van der Waals surface area contributed by atoms with Gasteiger partial charge in [-0.25, -0.2) is 0 Å². The van der Waals surface area contributed by atoms with E-state index in [-0.39, 0.29) is 39.5 Å². The molecule has 0 radical (unpaired) electrons. The molecule has 0 saturated carbocycles. The summed E-state index contributed by atoms with van der Waals surface area (Å²) in [5.41, 5.74) is 0.741. The lowest BCUT2D eigenvalue weighted by Gasteiger charge is -2.35. The Balaban J connectivity index is 1.94. The summed E-state index contributed by atoms with van der Waals surface area (Å²) in [7, 11) is 2.82. The van der Waals surface area contributed by atoms with E-state index in [1.807, 2.05) is 6.92 Å². The van der Waals surface area contributed by atoms with Crippen LogP contribution in [0.3, 0.4) is 0 Å². The Morgan fingerprint density at radius 2 is 1.81 bits per heavy atom. The zero-order chi connectivity index (χ0) is 22.7. The first-order chi connectivity index (χ1) is 14.6. The molecule has 0 saturated heterocycles. The van der Waals surface area contributed by atoms with Crippen LogP contribution in [0.1, 0.15) is 63.2 Å². The fourth-order valence-corrected chi connectivity index (χ4v) is 5.16. The van der Waals surface area contributed by atoms with Gasteiger partial charge in [-0.05, 0) is 59.0 Å². The third kappa shape index (κ3) is 3.20. The second-order valence-electron chi connectivity index (χ2n) is 8.01. The first kappa shape index (κ1) is 21.4. The third-order valence-corrected chi connectivity index (χ3v) is 6.49. The van der Waals surface area contributed by atoms with Gasteiger partial charge in [-0.3, -0.25) is 14.4 Å². The van der Waals surface area contributed by atoms with E-state index in [0.29, 0.717) is 34.9 Å². The maximum absolute atomic E-state index is 13.5. The molecular weight excluding hydrogens is 468 g/mol. The summed E-state index contributed by atoms with van der Waals surface area (Å²) < 4.78 is 16.7. The van der Waals surface area contributed by atoms with Gasteiger partial charge in [-0.1, -0.05) is 0 Å². The van der Waals surface area contributed by atoms with Crippen molar-refractivity contribution >= 4 is 33.5 Å². The van der Waals surface area contributed by atoms with Crippen molar-refractivity contribution in [3.63, 3.8) is 0 Å². The zero-order valence-corrected chi connectivity index (χ0v) is 19.1. The zero-order valence-electron chi connectivity index (χ0n) is 17.6. The SMILES string of the molecule is COc1cc(Br)c(OC)c2c1C(=O)c1c(cc3c(c1O)CC[C@](C)(OC(C)=O)C3)C2=O. The molecule has 2 aromatic rings. The van der Waals surface area contributed by atoms with Gasteiger partial charge in [0.05, 0.1) is 35.4 Å². The van der Waals surface area contributed by atoms with Crippen molar-refractivity contribution in [2.24, 2.45) is 0 Å². The number of hydrogen-bond donors (Lipinski definition) is 1. The van der Waals surface area contributed by atoms with E-state index in [0.717, 1.165) is 0 Å². The second-order valence-corrected chi connectivity index (χ2v) is 8.86. The molecule has 0 unspecified atom stereocenters. The van der Waals surface area contributed by atoms with Crippen LogP contribution < -0.4 is 9.47 Å². The van der Waals surface area contributed by atoms with Crippen LogP contribution in [-0.4, -0.2) is 42.5 Å². The van der Waals surface area contributed by atoms with Crippen LogP contribution in [0.4, 0.5) is 0 Å². The maximum Gasteiger partial charge on any atom is 0.303 e. The van der Waals surface area contributed by atoms with Crippen molar-refractivity contribution < 1.29 is 33.7 Å². The number of carbonyl (C=O) groups is 3. The van der Waals surface area contributed by atoms with Gasteiger partial charge in [0.2, 0.25) is 5.78 Å². The number of phenolic OH excluding ortho intramolecular Hbond substituents is 1. The number of fused-ring (bicyclic) bond motifs is 3. The summed E-state index contributed by atoms with van der Waals surface area (Å²) in [6.45, 7) is 3.17. The van der Waals surface area contributed by atoms with Gasteiger partial charge < -0.3 is 19.3 Å². The van der Waals surface area contributed by atoms with Crippen LogP contribution in [0.5, 0.6) is 17.2 Å². The average Bonchev–Trinajstić information content (AvgIpc) is 2.69. The van der Waals surface area contributed by atoms with Crippen molar-refractivity contribution in [1.82, 2.24) is 0 Å². The van der Waals surface area contributed by atoms with Crippen molar-refractivity contribution in [3.8, 4) is 17.2 Å². The molecular formula is C23H21BrO7. The van der Waals surface area contributed by atoms with Crippen LogP contribution in [0, 0.1) is 0 Å². The van der Waals surface area contributed by atoms with Gasteiger partial charge in [0.25, 0.3) is 0 Å². The number of carbonyl (C=O) groups excluding carboxylic acids is 3. The summed E-state index contributed by atoms with van der Waals surface area (Å²) in [6.07, 6.45) is 1.23. The Bertz CT molecular complexity index is 1170. The molecule has 7 nitrogen and oxygen atoms in total. The molecule has 162 valence electrons. The van der Waals surface area contributed by atoms with Gasteiger partial charge in [-0.15, -0.1) is 0 Å². The lowest BCUT2D eigenvalue weighted by molar-refractivity contribution is -0.156. The Morgan fingerprint density at radius 3 is 2.42 bits per heavy atom. The second kappa shape index (κ2) is 7.37. The molecule has 2 aliphatic rings. The first-order valence-corrected chi connectivity index (χ1v) is 10.5. The van der Waals surface area contributed by atoms with E-state index >= 15 is 0 Å². The molecule has 0 spiro atoms. The highest BCUT2D eigenvalue weighted by Gasteiger charge is 2.42. The molecule has 31 heavy (non-hydrogen) atoms. The van der Waals surface area contributed by atoms with Gasteiger partial charge in [0.1, 0.15) is 22.8 Å². The minimum absolute atomic E-state index is 0.0324. The number of rotatable bonds is 3. The van der Waals surface area contributed by atoms with Crippen LogP contribution in [0.2, 0.25) is 0 Å². The van der Waals surface area contributed by atoms with Crippen molar-refractivity contribution in [1.29, 1.82) is 0 Å². The van der Waals surface area contributed by atoms with Crippen molar-refractivity contribution in [2.75, 3.05) is 14.2 Å². The fourth-order valence-electron chi connectivity index (χ4n) is 4.60. The number of halogens is 1. The minimum Gasteiger partial charge on any atom is -0.507 e. The number of aromatic hydroxyl groups is 1. The maximum atomic E-state index is 13.5. The number of ether oxygens (including phenoxy) is 3. The number of esters is 1. The van der Waals surface area contributed by atoms with E-state index in [1.54, 1.807) is 12.1 Å². The number of ketones is 2. The molecule has 0 aliphatic heterocycles. The van der Waals surface area contributed by atoms with Crippen LogP contribution in [0.15, 0.2) is 16.6 Å². The third-order valence-electron chi connectivity index (χ3n) is 5.90. The standard InChI is InChI=1S/C23H21BrO7/c1-10(25)31-23(2)6-5-12-11(9-23)7-13-16(19(12)26)21(28)17-15(29-3)8-14(24)22(30-4)18(17)20(13)27/h7-8,26H,5-6,9H2,1-4H3/t23-/m0/s1. The Kier molecular flexibility index (Phi) is 5.08. The summed E-state index contributed by atoms with van der Waals surface area (Å²) in [4.78, 5) is 38.5. The van der Waals surface area contributed by atoms with Crippen molar-refractivity contribution in [3.05, 3.63) is 50.0 Å². The fraction of sp³-hybridized carbons (Fsp3) is 0.348. The summed E-state index contributed by atoms with van der Waals surface area (Å²) in [5, 5.41) is 11.0. The molecule has 4 rings (SSSR count). The average molecular weight is 489 g/mol. The van der Waals surface area contributed by atoms with Gasteiger partial charge in [0.15, 0.2) is 5.78 Å². The molecule has 0 amide bonds. The molecule has 1 atom stereocenters. The number of benzene rings is 2. The number of hydrogen-bond acceptors (Lipinski definition) is 7.